The van der Waals surface area contributed by atoms with Crippen LogP contribution in [0, 0.1) is 0 Å². The number of unbranched alkanes of at least 4 members (excludes halogenated alkanes) is 2. The van der Waals surface area contributed by atoms with Gasteiger partial charge in [-0.2, -0.15) is 12.6 Å². The van der Waals surface area contributed by atoms with E-state index in [4.69, 9.17) is 17.2 Å². The number of hydrogen-bond donors (Lipinski definition) is 9. The van der Waals surface area contributed by atoms with E-state index in [0.717, 1.165) is 0 Å². The zero-order valence-corrected chi connectivity index (χ0v) is 21.8. The Hall–Kier alpha value is -2.87. The van der Waals surface area contributed by atoms with Gasteiger partial charge in [0.1, 0.15) is 23.9 Å². The van der Waals surface area contributed by atoms with Crippen LogP contribution in [-0.4, -0.2) is 76.9 Å². The number of hydrogen-bond acceptors (Lipinski definition) is 9. The molecule has 0 radical (unpaired) electrons. The molecule has 1 rings (SSSR count). The van der Waals surface area contributed by atoms with Crippen LogP contribution in [0.25, 0.3) is 0 Å². The van der Waals surface area contributed by atoms with E-state index in [-0.39, 0.29) is 30.8 Å². The standard InChI is InChI=1S/C24H40N6O6S/c25-11-3-1-5-18(28-21(32)17(27)14-37)22(33)30-20(13-15-7-9-16(31)10-8-15)23(34)29-19(24(35)36)6-2-4-12-26/h7-10,17-20,31,37H,1-6,11-14,25-27H2,(H,28,32)(H,29,34)(H,30,33)(H,35,36). The summed E-state index contributed by atoms with van der Waals surface area (Å²) < 4.78 is 0. The number of aliphatic carboxylic acids is 1. The molecule has 4 atom stereocenters. The lowest BCUT2D eigenvalue weighted by molar-refractivity contribution is -0.142. The van der Waals surface area contributed by atoms with Crippen molar-refractivity contribution in [3.63, 3.8) is 0 Å². The Labute approximate surface area is 222 Å². The number of carboxylic acids is 1. The van der Waals surface area contributed by atoms with Crippen LogP contribution in [0.5, 0.6) is 5.75 Å². The van der Waals surface area contributed by atoms with Crippen molar-refractivity contribution in [2.24, 2.45) is 17.2 Å². The predicted molar refractivity (Wildman–Crippen MR) is 143 cm³/mol. The number of nitrogens with two attached hydrogens (primary N) is 3. The number of carbonyl (C=O) groups excluding carboxylic acids is 3. The molecule has 13 heteroatoms. The first kappa shape index (κ1) is 32.2. The van der Waals surface area contributed by atoms with Gasteiger partial charge in [0.15, 0.2) is 0 Å². The highest BCUT2D eigenvalue weighted by Crippen LogP contribution is 2.13. The van der Waals surface area contributed by atoms with Crippen LogP contribution in [-0.2, 0) is 25.6 Å². The van der Waals surface area contributed by atoms with E-state index in [1.165, 1.54) is 12.1 Å². The molecule has 37 heavy (non-hydrogen) atoms. The second kappa shape index (κ2) is 17.6. The average Bonchev–Trinajstić information content (AvgIpc) is 2.87. The van der Waals surface area contributed by atoms with E-state index in [2.05, 4.69) is 28.6 Å². The lowest BCUT2D eigenvalue weighted by atomic mass is 10.0. The number of aromatic hydroxyl groups is 1. The molecular weight excluding hydrogens is 500 g/mol. The first-order valence-electron chi connectivity index (χ1n) is 12.3. The van der Waals surface area contributed by atoms with Crippen LogP contribution in [0.3, 0.4) is 0 Å². The molecule has 0 aromatic heterocycles. The summed E-state index contributed by atoms with van der Waals surface area (Å²) in [4.78, 5) is 50.4. The largest absolute Gasteiger partial charge is 0.508 e. The molecule has 0 saturated carbocycles. The molecule has 4 unspecified atom stereocenters. The zero-order chi connectivity index (χ0) is 27.8. The van der Waals surface area contributed by atoms with Gasteiger partial charge in [0.2, 0.25) is 17.7 Å². The molecule has 0 spiro atoms. The Morgan fingerprint density at radius 2 is 1.27 bits per heavy atom. The number of carbonyl (C=O) groups is 4. The van der Waals surface area contributed by atoms with Crippen molar-refractivity contribution < 1.29 is 29.4 Å². The molecule has 12 nitrogen and oxygen atoms in total. The van der Waals surface area contributed by atoms with Crippen LogP contribution >= 0.6 is 12.6 Å². The third-order valence-corrected chi connectivity index (χ3v) is 6.08. The van der Waals surface area contributed by atoms with Gasteiger partial charge in [-0.15, -0.1) is 0 Å². The van der Waals surface area contributed by atoms with E-state index >= 15 is 0 Å². The Kier molecular flexibility index (Phi) is 15.3. The normalized spacial score (nSPS) is 14.2. The summed E-state index contributed by atoms with van der Waals surface area (Å²) in [5, 5.41) is 26.9. The molecule has 1 aromatic carbocycles. The van der Waals surface area contributed by atoms with Crippen LogP contribution in [0.4, 0.5) is 0 Å². The Balaban J connectivity index is 3.11. The third-order valence-electron chi connectivity index (χ3n) is 5.68. The van der Waals surface area contributed by atoms with Crippen LogP contribution in [0.1, 0.15) is 44.1 Å². The summed E-state index contributed by atoms with van der Waals surface area (Å²) in [6.45, 7) is 0.805. The van der Waals surface area contributed by atoms with Gasteiger partial charge < -0.3 is 43.4 Å². The van der Waals surface area contributed by atoms with Crippen molar-refractivity contribution in [3.8, 4) is 5.75 Å². The summed E-state index contributed by atoms with van der Waals surface area (Å²) in [6.07, 6.45) is 2.73. The number of phenolic OH excluding ortho intramolecular Hbond substituents is 1. The van der Waals surface area contributed by atoms with Crippen molar-refractivity contribution in [1.82, 2.24) is 16.0 Å². The van der Waals surface area contributed by atoms with E-state index in [1.807, 2.05) is 0 Å². The van der Waals surface area contributed by atoms with Gasteiger partial charge in [-0.1, -0.05) is 12.1 Å². The summed E-state index contributed by atoms with van der Waals surface area (Å²) in [5.41, 5.74) is 17.4. The van der Waals surface area contributed by atoms with Crippen molar-refractivity contribution >= 4 is 36.3 Å². The smallest absolute Gasteiger partial charge is 0.326 e. The van der Waals surface area contributed by atoms with Gasteiger partial charge in [0, 0.05) is 12.2 Å². The van der Waals surface area contributed by atoms with Gasteiger partial charge in [-0.05, 0) is 69.3 Å². The molecule has 0 aliphatic carbocycles. The van der Waals surface area contributed by atoms with Gasteiger partial charge >= 0.3 is 5.97 Å². The van der Waals surface area contributed by atoms with Crippen molar-refractivity contribution in [1.29, 1.82) is 0 Å². The van der Waals surface area contributed by atoms with E-state index < -0.39 is 47.9 Å². The highest BCUT2D eigenvalue weighted by Gasteiger charge is 2.30. The number of amides is 3. The number of thiol groups is 1. The highest BCUT2D eigenvalue weighted by atomic mass is 32.1. The van der Waals surface area contributed by atoms with Crippen LogP contribution in [0.2, 0.25) is 0 Å². The van der Waals surface area contributed by atoms with Gasteiger partial charge in [0.05, 0.1) is 6.04 Å². The lowest BCUT2D eigenvalue weighted by Gasteiger charge is -2.25. The molecular formula is C24H40N6O6S. The Morgan fingerprint density at radius 3 is 1.78 bits per heavy atom. The monoisotopic (exact) mass is 540 g/mol. The molecule has 0 aliphatic rings. The molecule has 1 aromatic rings. The maximum atomic E-state index is 13.2. The Bertz CT molecular complexity index is 872. The molecule has 0 heterocycles. The predicted octanol–water partition coefficient (Wildman–Crippen LogP) is -1.01. The fourth-order valence-corrected chi connectivity index (χ4v) is 3.66. The first-order valence-corrected chi connectivity index (χ1v) is 12.9. The second-order valence-corrected chi connectivity index (χ2v) is 9.12. The number of benzene rings is 1. The second-order valence-electron chi connectivity index (χ2n) is 8.75. The summed E-state index contributed by atoms with van der Waals surface area (Å²) in [7, 11) is 0. The topological polar surface area (TPSA) is 223 Å². The third kappa shape index (κ3) is 12.3. The molecule has 11 N–H and O–H groups in total. The average molecular weight is 541 g/mol. The van der Waals surface area contributed by atoms with Crippen molar-refractivity contribution in [3.05, 3.63) is 29.8 Å². The SMILES string of the molecule is NCCCCC(NC(=O)C(Cc1ccc(O)cc1)NC(=O)C(CCCCN)NC(=O)C(N)CS)C(=O)O. The lowest BCUT2D eigenvalue weighted by Crippen LogP contribution is -2.57. The maximum absolute atomic E-state index is 13.2. The minimum atomic E-state index is -1.20. The summed E-state index contributed by atoms with van der Waals surface area (Å²) in [6, 6.07) is 1.83. The minimum Gasteiger partial charge on any atom is -0.508 e. The van der Waals surface area contributed by atoms with E-state index in [9.17, 15) is 29.4 Å². The van der Waals surface area contributed by atoms with Gasteiger partial charge in [0.25, 0.3) is 0 Å². The fraction of sp³-hybridized carbons (Fsp3) is 0.583. The summed E-state index contributed by atoms with van der Waals surface area (Å²) in [5.74, 6) is -2.97. The van der Waals surface area contributed by atoms with Gasteiger partial charge in [-0.25, -0.2) is 4.79 Å². The number of phenols is 1. The van der Waals surface area contributed by atoms with Crippen molar-refractivity contribution in [2.75, 3.05) is 18.8 Å². The number of nitrogens with one attached hydrogen (secondary N) is 3. The Morgan fingerprint density at radius 1 is 0.784 bits per heavy atom. The molecule has 0 fully saturated rings. The first-order chi connectivity index (χ1) is 17.6. The number of carboxylic acid groups (broad SMARTS) is 1. The fourth-order valence-electron chi connectivity index (χ4n) is 3.50. The minimum absolute atomic E-state index is 0.0204. The molecule has 0 saturated heterocycles. The molecule has 0 bridgehead atoms. The molecule has 0 aliphatic heterocycles. The molecule has 208 valence electrons. The maximum Gasteiger partial charge on any atom is 0.326 e. The van der Waals surface area contributed by atoms with Crippen molar-refractivity contribution in [2.45, 2.75) is 69.1 Å². The van der Waals surface area contributed by atoms with E-state index in [1.54, 1.807) is 12.1 Å². The quantitative estimate of drug-likeness (QED) is 0.0820. The highest BCUT2D eigenvalue weighted by molar-refractivity contribution is 7.80. The number of rotatable bonds is 18. The van der Waals surface area contributed by atoms with Gasteiger partial charge in [-0.3, -0.25) is 14.4 Å². The van der Waals surface area contributed by atoms with E-state index in [0.29, 0.717) is 44.3 Å². The van der Waals surface area contributed by atoms with Crippen LogP contribution < -0.4 is 33.2 Å². The zero-order valence-electron chi connectivity index (χ0n) is 20.9. The summed E-state index contributed by atoms with van der Waals surface area (Å²) >= 11 is 4.01. The van der Waals surface area contributed by atoms with Crippen LogP contribution in [0.15, 0.2) is 24.3 Å². The molecule has 3 amide bonds.